The number of rotatable bonds is 4. The average molecular weight is 371 g/mol. The number of nitrogens with zero attached hydrogens (tertiary/aromatic N) is 3. The van der Waals surface area contributed by atoms with Gasteiger partial charge in [-0.3, -0.25) is 14.4 Å². The molecule has 0 aliphatic carbocycles. The highest BCUT2D eigenvalue weighted by molar-refractivity contribution is 5.87. The van der Waals surface area contributed by atoms with Crippen LogP contribution in [0.4, 0.5) is 5.69 Å². The molecule has 5 nitrogen and oxygen atoms in total. The number of benzene rings is 2. The van der Waals surface area contributed by atoms with Crippen molar-refractivity contribution >= 4 is 11.9 Å². The van der Waals surface area contributed by atoms with E-state index in [0.717, 1.165) is 16.8 Å². The van der Waals surface area contributed by atoms with Crippen LogP contribution < -0.4 is 5.56 Å². The molecule has 3 rings (SSSR count). The predicted octanol–water partition coefficient (Wildman–Crippen LogP) is 4.40. The van der Waals surface area contributed by atoms with E-state index < -0.39 is 11.6 Å². The Labute approximate surface area is 163 Å². The van der Waals surface area contributed by atoms with Gasteiger partial charge in [0.2, 0.25) is 5.88 Å². The second-order valence-electron chi connectivity index (χ2n) is 6.71. The molecule has 140 valence electrons. The van der Waals surface area contributed by atoms with Crippen molar-refractivity contribution in [2.24, 2.45) is 4.99 Å². The Balaban J connectivity index is 2.18. The third-order valence-electron chi connectivity index (χ3n) is 4.81. The minimum atomic E-state index is -0.512. The highest BCUT2D eigenvalue weighted by Crippen LogP contribution is 2.27. The molecule has 0 saturated heterocycles. The first-order valence-electron chi connectivity index (χ1n) is 8.98. The lowest BCUT2D eigenvalue weighted by Crippen LogP contribution is -2.28. The molecule has 1 atom stereocenters. The van der Waals surface area contributed by atoms with Crippen molar-refractivity contribution in [1.82, 2.24) is 4.57 Å². The Bertz CT molecular complexity index is 1140. The Morgan fingerprint density at radius 3 is 2.50 bits per heavy atom. The third-order valence-corrected chi connectivity index (χ3v) is 4.81. The van der Waals surface area contributed by atoms with Crippen LogP contribution in [0.2, 0.25) is 0 Å². The molecule has 0 spiro atoms. The summed E-state index contributed by atoms with van der Waals surface area (Å²) in [7, 11) is 0. The number of aryl methyl sites for hydroxylation is 1. The molecule has 0 aliphatic heterocycles. The van der Waals surface area contributed by atoms with Gasteiger partial charge < -0.3 is 5.11 Å². The maximum atomic E-state index is 12.9. The van der Waals surface area contributed by atoms with Gasteiger partial charge in [0.05, 0.1) is 17.3 Å². The molecule has 0 fully saturated rings. The minimum Gasteiger partial charge on any atom is -0.494 e. The van der Waals surface area contributed by atoms with Gasteiger partial charge in [0.25, 0.3) is 5.56 Å². The second-order valence-corrected chi connectivity index (χ2v) is 6.71. The molecule has 0 radical (unpaired) electrons. The number of aromatic nitrogens is 1. The molecule has 5 heteroatoms. The summed E-state index contributed by atoms with van der Waals surface area (Å²) in [5.74, 6) is -0.200. The maximum absolute atomic E-state index is 12.9. The van der Waals surface area contributed by atoms with E-state index in [9.17, 15) is 15.2 Å². The molecule has 0 saturated carbocycles. The van der Waals surface area contributed by atoms with E-state index in [0.29, 0.717) is 11.1 Å². The fourth-order valence-corrected chi connectivity index (χ4v) is 3.18. The van der Waals surface area contributed by atoms with Crippen LogP contribution >= 0.6 is 0 Å². The first-order chi connectivity index (χ1) is 13.4. The van der Waals surface area contributed by atoms with E-state index >= 15 is 0 Å². The van der Waals surface area contributed by atoms with Gasteiger partial charge in [-0.25, -0.2) is 0 Å². The van der Waals surface area contributed by atoms with Gasteiger partial charge in [0.1, 0.15) is 11.6 Å². The first kappa shape index (κ1) is 19.1. The summed E-state index contributed by atoms with van der Waals surface area (Å²) in [6.07, 6.45) is 1.51. The highest BCUT2D eigenvalue weighted by atomic mass is 16.3. The molecule has 0 aliphatic rings. The fourth-order valence-electron chi connectivity index (χ4n) is 3.18. The largest absolute Gasteiger partial charge is 0.494 e. The molecule has 28 heavy (non-hydrogen) atoms. The molecule has 1 unspecified atom stereocenters. The van der Waals surface area contributed by atoms with Crippen molar-refractivity contribution in [3.8, 4) is 11.9 Å². The summed E-state index contributed by atoms with van der Waals surface area (Å²) < 4.78 is 1.25. The summed E-state index contributed by atoms with van der Waals surface area (Å²) in [6.45, 7) is 5.43. The Hall–Kier alpha value is -3.65. The summed E-state index contributed by atoms with van der Waals surface area (Å²) in [5, 5.41) is 20.4. The quantitative estimate of drug-likeness (QED) is 0.690. The summed E-state index contributed by atoms with van der Waals surface area (Å²) in [5.41, 5.74) is 2.92. The highest BCUT2D eigenvalue weighted by Gasteiger charge is 2.22. The van der Waals surface area contributed by atoms with E-state index in [1.807, 2.05) is 74.5 Å². The number of hydrogen-bond acceptors (Lipinski definition) is 4. The van der Waals surface area contributed by atoms with E-state index in [2.05, 4.69) is 4.99 Å². The van der Waals surface area contributed by atoms with Crippen molar-refractivity contribution in [3.05, 3.63) is 92.8 Å². The molecule has 3 aromatic rings. The fraction of sp³-hybridized carbons (Fsp3) is 0.174. The van der Waals surface area contributed by atoms with Crippen LogP contribution in [-0.2, 0) is 0 Å². The van der Waals surface area contributed by atoms with Crippen LogP contribution in [0.1, 0.15) is 40.8 Å². The number of nitriles is 1. The predicted molar refractivity (Wildman–Crippen MR) is 111 cm³/mol. The zero-order chi connectivity index (χ0) is 20.3. The topological polar surface area (TPSA) is 78.4 Å². The third kappa shape index (κ3) is 3.58. The summed E-state index contributed by atoms with van der Waals surface area (Å²) >= 11 is 0. The number of aromatic hydroxyl groups is 1. The Morgan fingerprint density at radius 1 is 1.14 bits per heavy atom. The van der Waals surface area contributed by atoms with Gasteiger partial charge >= 0.3 is 0 Å². The molecule has 2 aromatic carbocycles. The van der Waals surface area contributed by atoms with Crippen molar-refractivity contribution in [2.45, 2.75) is 26.8 Å². The molecular weight excluding hydrogens is 350 g/mol. The van der Waals surface area contributed by atoms with Crippen molar-refractivity contribution < 1.29 is 5.11 Å². The van der Waals surface area contributed by atoms with Gasteiger partial charge in [-0.05, 0) is 49.6 Å². The van der Waals surface area contributed by atoms with E-state index in [1.54, 1.807) is 6.92 Å². The van der Waals surface area contributed by atoms with Crippen molar-refractivity contribution in [1.29, 1.82) is 5.26 Å². The SMILES string of the molecule is Cc1cccc(N=Cc2c(C)c(C#N)c(=O)n(C(C)c3ccccc3)c2O)c1. The van der Waals surface area contributed by atoms with Gasteiger partial charge in [-0.2, -0.15) is 5.26 Å². The Kier molecular flexibility index (Phi) is 5.42. The molecule has 0 amide bonds. The first-order valence-corrected chi connectivity index (χ1v) is 8.98. The van der Waals surface area contributed by atoms with Crippen LogP contribution in [-0.4, -0.2) is 15.9 Å². The molecular formula is C23H21N3O2. The molecule has 1 N–H and O–H groups in total. The van der Waals surface area contributed by atoms with Gasteiger partial charge in [-0.1, -0.05) is 42.5 Å². The zero-order valence-corrected chi connectivity index (χ0v) is 16.0. The van der Waals surface area contributed by atoms with Gasteiger partial charge in [-0.15, -0.1) is 0 Å². The maximum Gasteiger partial charge on any atom is 0.272 e. The van der Waals surface area contributed by atoms with Crippen LogP contribution in [0.15, 0.2) is 64.4 Å². The number of hydrogen-bond donors (Lipinski definition) is 1. The van der Waals surface area contributed by atoms with E-state index in [-0.39, 0.29) is 11.4 Å². The lowest BCUT2D eigenvalue weighted by molar-refractivity contribution is 0.393. The van der Waals surface area contributed by atoms with Crippen molar-refractivity contribution in [2.75, 3.05) is 0 Å². The zero-order valence-electron chi connectivity index (χ0n) is 16.0. The smallest absolute Gasteiger partial charge is 0.272 e. The molecule has 1 aromatic heterocycles. The van der Waals surface area contributed by atoms with E-state index in [1.165, 1.54) is 10.8 Å². The molecule has 0 bridgehead atoms. The second kappa shape index (κ2) is 7.93. The minimum absolute atomic E-state index is 0.00581. The van der Waals surface area contributed by atoms with Crippen LogP contribution in [0, 0.1) is 25.2 Å². The lowest BCUT2D eigenvalue weighted by Gasteiger charge is -2.20. The van der Waals surface area contributed by atoms with Gasteiger partial charge in [0.15, 0.2) is 0 Å². The summed E-state index contributed by atoms with van der Waals surface area (Å²) in [4.78, 5) is 17.3. The van der Waals surface area contributed by atoms with Crippen LogP contribution in [0.3, 0.4) is 0 Å². The number of pyridine rings is 1. The summed E-state index contributed by atoms with van der Waals surface area (Å²) in [6, 6.07) is 18.5. The lowest BCUT2D eigenvalue weighted by atomic mass is 10.0. The Morgan fingerprint density at radius 2 is 1.86 bits per heavy atom. The van der Waals surface area contributed by atoms with Crippen LogP contribution in [0.25, 0.3) is 0 Å². The molecule has 1 heterocycles. The average Bonchev–Trinajstić information content (AvgIpc) is 2.69. The number of aliphatic imine (C=N–C) groups is 1. The van der Waals surface area contributed by atoms with Crippen molar-refractivity contribution in [3.63, 3.8) is 0 Å². The standard InChI is InChI=1S/C23H21N3O2/c1-15-8-7-11-19(12-15)25-14-21-16(2)20(13-24)22(27)26(23(21)28)17(3)18-9-5-4-6-10-18/h4-12,14,17,28H,1-3H3. The van der Waals surface area contributed by atoms with E-state index in [4.69, 9.17) is 0 Å². The monoisotopic (exact) mass is 371 g/mol. The normalized spacial score (nSPS) is 12.1. The van der Waals surface area contributed by atoms with Gasteiger partial charge in [0, 0.05) is 6.21 Å². The van der Waals surface area contributed by atoms with Crippen LogP contribution in [0.5, 0.6) is 5.88 Å².